The summed E-state index contributed by atoms with van der Waals surface area (Å²) in [6.45, 7) is 1.60. The van der Waals surface area contributed by atoms with Gasteiger partial charge in [0, 0.05) is 6.54 Å². The number of hydrogen-bond acceptors (Lipinski definition) is 4. The number of carbonyl (C=O) groups is 2. The first kappa shape index (κ1) is 15.2. The summed E-state index contributed by atoms with van der Waals surface area (Å²) in [6.07, 6.45) is 2.78. The Kier molecular flexibility index (Phi) is 7.93. The van der Waals surface area contributed by atoms with Crippen molar-refractivity contribution in [2.75, 3.05) is 26.7 Å². The lowest BCUT2D eigenvalue weighted by Crippen LogP contribution is -2.35. The summed E-state index contributed by atoms with van der Waals surface area (Å²) in [4.78, 5) is 21.9. The minimum atomic E-state index is -0.304. The van der Waals surface area contributed by atoms with E-state index < -0.39 is 0 Å². The molecule has 0 saturated heterocycles. The van der Waals surface area contributed by atoms with Gasteiger partial charge in [0.25, 0.3) is 0 Å². The maximum atomic E-state index is 11.2. The highest BCUT2D eigenvalue weighted by Crippen LogP contribution is 2.27. The molecule has 16 heavy (non-hydrogen) atoms. The van der Waals surface area contributed by atoms with Gasteiger partial charge in [-0.1, -0.05) is 0 Å². The lowest BCUT2D eigenvalue weighted by atomic mass is 10.4. The van der Waals surface area contributed by atoms with Crippen molar-refractivity contribution < 1.29 is 14.3 Å². The van der Waals surface area contributed by atoms with Gasteiger partial charge in [0.05, 0.1) is 20.1 Å². The van der Waals surface area contributed by atoms with Gasteiger partial charge in [-0.3, -0.25) is 9.59 Å². The first-order valence-electron chi connectivity index (χ1n) is 5.26. The van der Waals surface area contributed by atoms with Crippen molar-refractivity contribution in [1.29, 1.82) is 0 Å². The van der Waals surface area contributed by atoms with Crippen LogP contribution in [-0.2, 0) is 14.3 Å². The molecule has 1 fully saturated rings. The van der Waals surface area contributed by atoms with E-state index in [1.807, 2.05) is 0 Å². The van der Waals surface area contributed by atoms with Crippen LogP contribution < -0.4 is 10.6 Å². The molecule has 0 radical (unpaired) electrons. The fourth-order valence-electron chi connectivity index (χ4n) is 1.18. The monoisotopic (exact) mass is 250 g/mol. The summed E-state index contributed by atoms with van der Waals surface area (Å²) in [5, 5.41) is 5.71. The van der Waals surface area contributed by atoms with Crippen molar-refractivity contribution in [2.24, 2.45) is 5.92 Å². The zero-order valence-corrected chi connectivity index (χ0v) is 10.3. The average molecular weight is 251 g/mol. The molecule has 0 unspecified atom stereocenters. The Labute approximate surface area is 102 Å². The number of nitrogens with one attached hydrogen (secondary N) is 2. The number of hydrogen-bond donors (Lipinski definition) is 2. The molecule has 94 valence electrons. The molecule has 0 spiro atoms. The first-order chi connectivity index (χ1) is 7.22. The summed E-state index contributed by atoms with van der Waals surface area (Å²) in [7, 11) is 1.33. The summed E-state index contributed by atoms with van der Waals surface area (Å²) in [5.74, 6) is 0.397. The van der Waals surface area contributed by atoms with Crippen molar-refractivity contribution in [2.45, 2.75) is 19.3 Å². The molecule has 2 N–H and O–H groups in total. The van der Waals surface area contributed by atoms with Crippen LogP contribution in [0.15, 0.2) is 0 Å². The summed E-state index contributed by atoms with van der Waals surface area (Å²) < 4.78 is 4.45. The van der Waals surface area contributed by atoms with Gasteiger partial charge in [-0.25, -0.2) is 0 Å². The molecule has 1 aliphatic rings. The minimum Gasteiger partial charge on any atom is -0.469 e. The number of esters is 1. The second-order valence-electron chi connectivity index (χ2n) is 3.75. The quantitative estimate of drug-likeness (QED) is 0.629. The van der Waals surface area contributed by atoms with Gasteiger partial charge in [0.15, 0.2) is 0 Å². The Morgan fingerprint density at radius 3 is 2.62 bits per heavy atom. The van der Waals surface area contributed by atoms with Crippen LogP contribution >= 0.6 is 12.4 Å². The predicted molar refractivity (Wildman–Crippen MR) is 62.5 cm³/mol. The molecular weight excluding hydrogens is 232 g/mol. The third-order valence-corrected chi connectivity index (χ3v) is 2.29. The van der Waals surface area contributed by atoms with Gasteiger partial charge >= 0.3 is 5.97 Å². The lowest BCUT2D eigenvalue weighted by molar-refractivity contribution is -0.140. The molecule has 0 atom stereocenters. The molecule has 0 heterocycles. The van der Waals surface area contributed by atoms with Gasteiger partial charge in [-0.15, -0.1) is 12.4 Å². The van der Waals surface area contributed by atoms with Crippen LogP contribution in [0.3, 0.4) is 0 Å². The highest BCUT2D eigenvalue weighted by molar-refractivity contribution is 5.85. The van der Waals surface area contributed by atoms with E-state index in [0.717, 1.165) is 12.5 Å². The van der Waals surface area contributed by atoms with E-state index in [4.69, 9.17) is 0 Å². The Balaban J connectivity index is 0.00000225. The Morgan fingerprint density at radius 1 is 1.38 bits per heavy atom. The van der Waals surface area contributed by atoms with Crippen molar-refractivity contribution in [3.63, 3.8) is 0 Å². The zero-order chi connectivity index (χ0) is 11.1. The second-order valence-corrected chi connectivity index (χ2v) is 3.75. The van der Waals surface area contributed by atoms with E-state index in [1.54, 1.807) is 0 Å². The fraction of sp³-hybridized carbons (Fsp3) is 0.800. The third-order valence-electron chi connectivity index (χ3n) is 2.29. The SMILES string of the molecule is COC(=O)CCNC(=O)CNCC1CC1.Cl. The van der Waals surface area contributed by atoms with E-state index in [9.17, 15) is 9.59 Å². The molecular formula is C10H19ClN2O3. The molecule has 6 heteroatoms. The maximum Gasteiger partial charge on any atom is 0.307 e. The summed E-state index contributed by atoms with van der Waals surface area (Å²) in [5.41, 5.74) is 0. The van der Waals surface area contributed by atoms with Gasteiger partial charge in [0.1, 0.15) is 0 Å². The molecule has 0 aliphatic heterocycles. The van der Waals surface area contributed by atoms with Crippen LogP contribution in [0.25, 0.3) is 0 Å². The number of rotatable bonds is 7. The van der Waals surface area contributed by atoms with E-state index in [2.05, 4.69) is 15.4 Å². The van der Waals surface area contributed by atoms with Crippen LogP contribution in [-0.4, -0.2) is 38.6 Å². The van der Waals surface area contributed by atoms with E-state index >= 15 is 0 Å². The van der Waals surface area contributed by atoms with Gasteiger partial charge < -0.3 is 15.4 Å². The topological polar surface area (TPSA) is 67.4 Å². The second kappa shape index (κ2) is 8.35. The normalized spacial score (nSPS) is 13.8. The van der Waals surface area contributed by atoms with Crippen molar-refractivity contribution in [3.05, 3.63) is 0 Å². The van der Waals surface area contributed by atoms with E-state index in [-0.39, 0.29) is 30.7 Å². The molecule has 1 rings (SSSR count). The molecule has 0 bridgehead atoms. The molecule has 0 aromatic heterocycles. The van der Waals surface area contributed by atoms with E-state index in [0.29, 0.717) is 13.1 Å². The molecule has 0 aromatic carbocycles. The van der Waals surface area contributed by atoms with Crippen LogP contribution in [0.5, 0.6) is 0 Å². The first-order valence-corrected chi connectivity index (χ1v) is 5.26. The highest BCUT2D eigenvalue weighted by atomic mass is 35.5. The van der Waals surface area contributed by atoms with Crippen LogP contribution in [0, 0.1) is 5.92 Å². The maximum absolute atomic E-state index is 11.2. The highest BCUT2D eigenvalue weighted by Gasteiger charge is 2.20. The molecule has 1 amide bonds. The Hall–Kier alpha value is -0.810. The molecule has 0 aromatic rings. The van der Waals surface area contributed by atoms with Crippen LogP contribution in [0.1, 0.15) is 19.3 Å². The van der Waals surface area contributed by atoms with Gasteiger partial charge in [-0.05, 0) is 25.3 Å². The number of carbonyl (C=O) groups excluding carboxylic acids is 2. The summed E-state index contributed by atoms with van der Waals surface area (Å²) in [6, 6.07) is 0. The zero-order valence-electron chi connectivity index (χ0n) is 9.45. The third kappa shape index (κ3) is 7.48. The molecule has 1 aliphatic carbocycles. The van der Waals surface area contributed by atoms with Crippen LogP contribution in [0.2, 0.25) is 0 Å². The molecule has 5 nitrogen and oxygen atoms in total. The van der Waals surface area contributed by atoms with Crippen molar-refractivity contribution in [3.8, 4) is 0 Å². The smallest absolute Gasteiger partial charge is 0.307 e. The van der Waals surface area contributed by atoms with Crippen molar-refractivity contribution in [1.82, 2.24) is 10.6 Å². The number of amides is 1. The minimum absolute atomic E-state index is 0. The fourth-order valence-corrected chi connectivity index (χ4v) is 1.18. The summed E-state index contributed by atoms with van der Waals surface area (Å²) >= 11 is 0. The van der Waals surface area contributed by atoms with E-state index in [1.165, 1.54) is 20.0 Å². The largest absolute Gasteiger partial charge is 0.469 e. The Morgan fingerprint density at radius 2 is 2.06 bits per heavy atom. The number of ether oxygens (including phenoxy) is 1. The van der Waals surface area contributed by atoms with Gasteiger partial charge in [-0.2, -0.15) is 0 Å². The molecule has 1 saturated carbocycles. The van der Waals surface area contributed by atoms with Gasteiger partial charge in [0.2, 0.25) is 5.91 Å². The van der Waals surface area contributed by atoms with Crippen molar-refractivity contribution >= 4 is 24.3 Å². The average Bonchev–Trinajstić information content (AvgIpc) is 3.01. The predicted octanol–water partition coefficient (Wildman–Crippen LogP) is 0.0871. The standard InChI is InChI=1S/C10H18N2O3.ClH/c1-15-10(14)4-5-12-9(13)7-11-6-8-2-3-8;/h8,11H,2-7H2,1H3,(H,12,13);1H. The number of methoxy groups -OCH3 is 1. The lowest BCUT2D eigenvalue weighted by Gasteiger charge is -2.05. The Bertz CT molecular complexity index is 232. The van der Waals surface area contributed by atoms with Crippen LogP contribution in [0.4, 0.5) is 0 Å². The number of halogens is 1.